The summed E-state index contributed by atoms with van der Waals surface area (Å²) >= 11 is 7.07. The topological polar surface area (TPSA) is 26.0 Å². The van der Waals surface area contributed by atoms with E-state index in [1.54, 1.807) is 11.3 Å². The van der Waals surface area contributed by atoms with Crippen molar-refractivity contribution in [3.63, 3.8) is 0 Å². The van der Waals surface area contributed by atoms with Gasteiger partial charge in [-0.3, -0.25) is 0 Å². The molecule has 0 aliphatic rings. The van der Waals surface area contributed by atoms with Crippen molar-refractivity contribution in [1.82, 2.24) is 0 Å². The summed E-state index contributed by atoms with van der Waals surface area (Å²) in [4.78, 5) is 0. The van der Waals surface area contributed by atoms with Gasteiger partial charge in [0.25, 0.3) is 0 Å². The van der Waals surface area contributed by atoms with Crippen LogP contribution in [0.15, 0.2) is 20.1 Å². The fourth-order valence-electron chi connectivity index (χ4n) is 0.631. The quantitative estimate of drug-likeness (QED) is 0.658. The van der Waals surface area contributed by atoms with Gasteiger partial charge < -0.3 is 5.73 Å². The van der Waals surface area contributed by atoms with Crippen molar-refractivity contribution < 1.29 is 0 Å². The minimum atomic E-state index is 0.791. The molecule has 1 rings (SSSR count). The van der Waals surface area contributed by atoms with Crippen molar-refractivity contribution in [2.75, 3.05) is 12.3 Å². The number of hydrogen-bond donors (Lipinski definition) is 1. The van der Waals surface area contributed by atoms with E-state index in [1.807, 2.05) is 11.8 Å². The number of rotatable bonds is 4. The Balaban J connectivity index is 2.27. The molecule has 0 unspecified atom stereocenters. The van der Waals surface area contributed by atoms with E-state index in [-0.39, 0.29) is 0 Å². The standard InChI is InChI=1S/C7H10BrNS2/c8-6-2-3-7(11-6)10-5-1-4-9/h2-3H,1,4-5,9H2. The molecular weight excluding hydrogens is 242 g/mol. The molecule has 0 saturated heterocycles. The molecule has 0 aliphatic carbocycles. The van der Waals surface area contributed by atoms with Gasteiger partial charge >= 0.3 is 0 Å². The van der Waals surface area contributed by atoms with Gasteiger partial charge in [0.05, 0.1) is 8.00 Å². The van der Waals surface area contributed by atoms with Crippen LogP contribution in [0.5, 0.6) is 0 Å². The fourth-order valence-corrected chi connectivity index (χ4v) is 3.50. The van der Waals surface area contributed by atoms with Crippen LogP contribution in [0.4, 0.5) is 0 Å². The largest absolute Gasteiger partial charge is 0.330 e. The third kappa shape index (κ3) is 3.60. The molecule has 4 heteroatoms. The van der Waals surface area contributed by atoms with Crippen molar-refractivity contribution in [3.8, 4) is 0 Å². The van der Waals surface area contributed by atoms with Crippen LogP contribution >= 0.6 is 39.0 Å². The van der Waals surface area contributed by atoms with Gasteiger partial charge in [0.1, 0.15) is 0 Å². The Hall–Kier alpha value is 0.490. The van der Waals surface area contributed by atoms with Crippen LogP contribution in [-0.4, -0.2) is 12.3 Å². The number of thioether (sulfide) groups is 1. The van der Waals surface area contributed by atoms with E-state index in [9.17, 15) is 0 Å². The third-order valence-electron chi connectivity index (χ3n) is 1.14. The average Bonchev–Trinajstić information content (AvgIpc) is 2.37. The zero-order valence-corrected chi connectivity index (χ0v) is 9.27. The molecule has 2 N–H and O–H groups in total. The molecule has 0 aliphatic heterocycles. The second-order valence-electron chi connectivity index (χ2n) is 2.05. The minimum Gasteiger partial charge on any atom is -0.330 e. The van der Waals surface area contributed by atoms with Gasteiger partial charge in [-0.05, 0) is 46.8 Å². The van der Waals surface area contributed by atoms with E-state index in [2.05, 4.69) is 28.1 Å². The zero-order valence-electron chi connectivity index (χ0n) is 6.05. The van der Waals surface area contributed by atoms with E-state index >= 15 is 0 Å². The first-order valence-corrected chi connectivity index (χ1v) is 6.00. The SMILES string of the molecule is NCCCSc1ccc(Br)s1. The average molecular weight is 252 g/mol. The summed E-state index contributed by atoms with van der Waals surface area (Å²) in [5.41, 5.74) is 5.38. The summed E-state index contributed by atoms with van der Waals surface area (Å²) in [6.07, 6.45) is 1.10. The van der Waals surface area contributed by atoms with E-state index in [1.165, 1.54) is 8.00 Å². The smallest absolute Gasteiger partial charge is 0.0710 e. The summed E-state index contributed by atoms with van der Waals surface area (Å²) in [5, 5.41) is 0. The van der Waals surface area contributed by atoms with Crippen LogP contribution in [0.25, 0.3) is 0 Å². The van der Waals surface area contributed by atoms with Gasteiger partial charge in [0, 0.05) is 0 Å². The van der Waals surface area contributed by atoms with Gasteiger partial charge in [-0.25, -0.2) is 0 Å². The molecule has 0 amide bonds. The summed E-state index contributed by atoms with van der Waals surface area (Å²) < 4.78 is 2.57. The van der Waals surface area contributed by atoms with Crippen molar-refractivity contribution in [2.45, 2.75) is 10.6 Å². The number of hydrogen-bond acceptors (Lipinski definition) is 3. The molecule has 0 radical (unpaired) electrons. The van der Waals surface area contributed by atoms with Gasteiger partial charge in [-0.15, -0.1) is 23.1 Å². The Morgan fingerprint density at radius 2 is 2.36 bits per heavy atom. The Kier molecular flexibility index (Phi) is 4.52. The van der Waals surface area contributed by atoms with E-state index in [0.29, 0.717) is 0 Å². The molecule has 0 atom stereocenters. The van der Waals surface area contributed by atoms with Gasteiger partial charge in [0.15, 0.2) is 0 Å². The maximum Gasteiger partial charge on any atom is 0.0710 e. The molecule has 0 bridgehead atoms. The van der Waals surface area contributed by atoms with E-state index < -0.39 is 0 Å². The van der Waals surface area contributed by atoms with Crippen molar-refractivity contribution >= 4 is 39.0 Å². The monoisotopic (exact) mass is 251 g/mol. The molecule has 1 heterocycles. The van der Waals surface area contributed by atoms with E-state index in [0.717, 1.165) is 18.7 Å². The molecular formula is C7H10BrNS2. The van der Waals surface area contributed by atoms with Crippen LogP contribution in [0.1, 0.15) is 6.42 Å². The fraction of sp³-hybridized carbons (Fsp3) is 0.429. The van der Waals surface area contributed by atoms with Gasteiger partial charge in [-0.1, -0.05) is 0 Å². The van der Waals surface area contributed by atoms with Crippen molar-refractivity contribution in [2.24, 2.45) is 5.73 Å². The van der Waals surface area contributed by atoms with Crippen LogP contribution in [0.3, 0.4) is 0 Å². The first-order chi connectivity index (χ1) is 5.33. The van der Waals surface area contributed by atoms with E-state index in [4.69, 9.17) is 5.73 Å². The van der Waals surface area contributed by atoms with Crippen molar-refractivity contribution in [3.05, 3.63) is 15.9 Å². The molecule has 0 saturated carbocycles. The van der Waals surface area contributed by atoms with Crippen LogP contribution in [-0.2, 0) is 0 Å². The normalized spacial score (nSPS) is 10.4. The molecule has 11 heavy (non-hydrogen) atoms. The van der Waals surface area contributed by atoms with Crippen LogP contribution in [0.2, 0.25) is 0 Å². The first kappa shape index (κ1) is 9.58. The third-order valence-corrected chi connectivity index (χ3v) is 4.08. The Morgan fingerprint density at radius 1 is 1.55 bits per heavy atom. The Labute approximate surface area is 83.5 Å². The maximum absolute atomic E-state index is 5.38. The number of halogens is 1. The molecule has 0 fully saturated rings. The number of thiophene rings is 1. The highest BCUT2D eigenvalue weighted by molar-refractivity contribution is 9.11. The summed E-state index contributed by atoms with van der Waals surface area (Å²) in [6, 6.07) is 4.21. The summed E-state index contributed by atoms with van der Waals surface area (Å²) in [6.45, 7) is 0.791. The maximum atomic E-state index is 5.38. The lowest BCUT2D eigenvalue weighted by molar-refractivity contribution is 0.943. The molecule has 0 aromatic carbocycles. The highest BCUT2D eigenvalue weighted by atomic mass is 79.9. The first-order valence-electron chi connectivity index (χ1n) is 3.41. The highest BCUT2D eigenvalue weighted by Gasteiger charge is 1.96. The lowest BCUT2D eigenvalue weighted by Gasteiger charge is -1.93. The lowest BCUT2D eigenvalue weighted by atomic mass is 10.5. The van der Waals surface area contributed by atoms with Crippen LogP contribution in [0, 0.1) is 0 Å². The van der Waals surface area contributed by atoms with Gasteiger partial charge in [-0.2, -0.15) is 0 Å². The van der Waals surface area contributed by atoms with Gasteiger partial charge in [0.2, 0.25) is 0 Å². The predicted octanol–water partition coefficient (Wildman–Crippen LogP) is 2.95. The van der Waals surface area contributed by atoms with Crippen LogP contribution < -0.4 is 5.73 Å². The zero-order chi connectivity index (χ0) is 8.10. The molecule has 1 aromatic rings. The molecule has 1 aromatic heterocycles. The predicted molar refractivity (Wildman–Crippen MR) is 56.4 cm³/mol. The summed E-state index contributed by atoms with van der Waals surface area (Å²) in [5.74, 6) is 1.13. The highest BCUT2D eigenvalue weighted by Crippen LogP contribution is 2.30. The summed E-state index contributed by atoms with van der Waals surface area (Å²) in [7, 11) is 0. The molecule has 62 valence electrons. The minimum absolute atomic E-state index is 0.791. The Morgan fingerprint density at radius 3 is 2.91 bits per heavy atom. The number of nitrogens with two attached hydrogens (primary N) is 1. The molecule has 1 nitrogen and oxygen atoms in total. The second kappa shape index (κ2) is 5.19. The van der Waals surface area contributed by atoms with Crippen molar-refractivity contribution in [1.29, 1.82) is 0 Å². The molecule has 0 spiro atoms. The lowest BCUT2D eigenvalue weighted by Crippen LogP contribution is -1.98. The second-order valence-corrected chi connectivity index (χ2v) is 5.91. The Bertz CT molecular complexity index is 212.